The molecule has 1 N–H and O–H groups in total. The number of carbonyl (C=O) groups is 1. The van der Waals surface area contributed by atoms with Crippen LogP contribution in [0.5, 0.6) is 5.75 Å². The van der Waals surface area contributed by atoms with Crippen LogP contribution in [0.3, 0.4) is 0 Å². The summed E-state index contributed by atoms with van der Waals surface area (Å²) in [5, 5.41) is 2.73. The van der Waals surface area contributed by atoms with E-state index in [0.29, 0.717) is 6.41 Å². The topological polar surface area (TPSA) is 44.8 Å². The third kappa shape index (κ3) is 5.99. The second kappa shape index (κ2) is 11.9. The van der Waals surface area contributed by atoms with Crippen molar-refractivity contribution < 1.29 is 9.53 Å². The second-order valence-corrected chi connectivity index (χ2v) is 11.3. The van der Waals surface area contributed by atoms with Crippen molar-refractivity contribution in [1.82, 2.24) is 5.32 Å². The van der Waals surface area contributed by atoms with Crippen molar-refractivity contribution in [3.63, 3.8) is 0 Å². The molecule has 0 unspecified atom stereocenters. The molecular formula is C36H39N3O2. The quantitative estimate of drug-likeness (QED) is 0.232. The second-order valence-electron chi connectivity index (χ2n) is 11.3. The summed E-state index contributed by atoms with van der Waals surface area (Å²) in [7, 11) is 1.72. The van der Waals surface area contributed by atoms with E-state index in [4.69, 9.17) is 4.74 Å². The number of anilines is 2. The Balaban J connectivity index is 1.44. The van der Waals surface area contributed by atoms with E-state index in [1.807, 2.05) is 13.0 Å². The molecule has 0 aliphatic carbocycles. The fourth-order valence-electron chi connectivity index (χ4n) is 5.91. The monoisotopic (exact) mass is 545 g/mol. The molecule has 0 saturated carbocycles. The Labute approximate surface area is 244 Å². The zero-order valence-corrected chi connectivity index (χ0v) is 24.6. The summed E-state index contributed by atoms with van der Waals surface area (Å²) in [5.41, 5.74) is 10.3. The number of aryl methyl sites for hydroxylation is 1. The molecular weight excluding hydrogens is 506 g/mol. The van der Waals surface area contributed by atoms with Crippen LogP contribution in [0.1, 0.15) is 31.9 Å². The molecule has 41 heavy (non-hydrogen) atoms. The smallest absolute Gasteiger partial charge is 0.211 e. The molecule has 1 fully saturated rings. The predicted molar refractivity (Wildman–Crippen MR) is 172 cm³/mol. The summed E-state index contributed by atoms with van der Waals surface area (Å²) in [6, 6.07) is 32.3. The highest BCUT2D eigenvalue weighted by molar-refractivity contribution is 5.91. The number of allylic oxidation sites excluding steroid dienone is 1. The molecule has 4 aromatic rings. The lowest BCUT2D eigenvalue weighted by molar-refractivity contribution is -0.108. The zero-order chi connectivity index (χ0) is 29.0. The molecule has 0 spiro atoms. The van der Waals surface area contributed by atoms with Crippen molar-refractivity contribution >= 4 is 23.4 Å². The first kappa shape index (κ1) is 28.0. The van der Waals surface area contributed by atoms with Crippen molar-refractivity contribution in [2.45, 2.75) is 33.2 Å². The number of ether oxygens (including phenoxy) is 1. The van der Waals surface area contributed by atoms with Gasteiger partial charge in [-0.1, -0.05) is 66.2 Å². The van der Waals surface area contributed by atoms with Gasteiger partial charge < -0.3 is 19.9 Å². The van der Waals surface area contributed by atoms with E-state index >= 15 is 0 Å². The SMILES string of the molecule is COc1cccc(N2CCN(c3ccc(-c4cccc(-c5ccc(C)cc5)c4/C(C)=C\NC=O)cc3)CC2(C)C)c1. The maximum atomic E-state index is 11.1. The predicted octanol–water partition coefficient (Wildman–Crippen LogP) is 7.55. The fourth-order valence-corrected chi connectivity index (χ4v) is 5.91. The normalized spacial score (nSPS) is 15.0. The molecule has 1 aliphatic rings. The third-order valence-corrected chi connectivity index (χ3v) is 8.00. The molecule has 0 atom stereocenters. The molecule has 4 aromatic carbocycles. The van der Waals surface area contributed by atoms with E-state index < -0.39 is 0 Å². The van der Waals surface area contributed by atoms with E-state index in [2.05, 4.69) is 121 Å². The first-order valence-corrected chi connectivity index (χ1v) is 14.1. The highest BCUT2D eigenvalue weighted by atomic mass is 16.5. The molecule has 5 nitrogen and oxygen atoms in total. The van der Waals surface area contributed by atoms with E-state index in [-0.39, 0.29) is 5.54 Å². The lowest BCUT2D eigenvalue weighted by atomic mass is 9.88. The number of methoxy groups -OCH3 is 1. The first-order valence-electron chi connectivity index (χ1n) is 14.1. The van der Waals surface area contributed by atoms with Gasteiger partial charge in [0.15, 0.2) is 0 Å². The number of rotatable bonds is 8. The Morgan fingerprint density at radius 2 is 1.49 bits per heavy atom. The van der Waals surface area contributed by atoms with Gasteiger partial charge in [0.05, 0.1) is 12.6 Å². The minimum Gasteiger partial charge on any atom is -0.497 e. The summed E-state index contributed by atoms with van der Waals surface area (Å²) in [6.45, 7) is 11.5. The number of carbonyl (C=O) groups excluding carboxylic acids is 1. The van der Waals surface area contributed by atoms with E-state index in [1.54, 1.807) is 13.3 Å². The Morgan fingerprint density at radius 1 is 0.854 bits per heavy atom. The van der Waals surface area contributed by atoms with Crippen LogP contribution < -0.4 is 19.9 Å². The molecule has 5 heteroatoms. The molecule has 1 heterocycles. The Bertz CT molecular complexity index is 1540. The molecule has 1 saturated heterocycles. The number of piperazine rings is 1. The van der Waals surface area contributed by atoms with E-state index in [9.17, 15) is 4.79 Å². The van der Waals surface area contributed by atoms with Crippen LogP contribution in [0, 0.1) is 6.92 Å². The maximum absolute atomic E-state index is 11.1. The van der Waals surface area contributed by atoms with Gasteiger partial charge >= 0.3 is 0 Å². The van der Waals surface area contributed by atoms with Crippen LogP contribution in [0.4, 0.5) is 11.4 Å². The first-order chi connectivity index (χ1) is 19.8. The third-order valence-electron chi connectivity index (χ3n) is 8.00. The molecule has 0 radical (unpaired) electrons. The Hall–Kier alpha value is -4.51. The van der Waals surface area contributed by atoms with E-state index in [1.165, 1.54) is 16.9 Å². The zero-order valence-electron chi connectivity index (χ0n) is 24.6. The standard InChI is InChI=1S/C36H39N3O2/c1-26-12-14-28(15-13-26)33-10-7-11-34(35(33)27(2)23-37-25-40)29-16-18-30(19-17-29)38-20-21-39(36(3,4)24-38)31-8-6-9-32(22-31)41-5/h6-19,22-23,25H,20-21,24H2,1-5H3,(H,37,40)/b27-23-. The number of nitrogens with zero attached hydrogens (tertiary/aromatic N) is 2. The van der Waals surface area contributed by atoms with Crippen LogP contribution in [-0.2, 0) is 4.79 Å². The minimum absolute atomic E-state index is 0.0493. The van der Waals surface area contributed by atoms with Gasteiger partial charge in [-0.25, -0.2) is 0 Å². The van der Waals surface area contributed by atoms with Gasteiger partial charge in [0.25, 0.3) is 0 Å². The minimum atomic E-state index is -0.0493. The lowest BCUT2D eigenvalue weighted by Crippen LogP contribution is -2.59. The van der Waals surface area contributed by atoms with Crippen molar-refractivity contribution in [3.8, 4) is 28.0 Å². The van der Waals surface area contributed by atoms with Gasteiger partial charge in [-0.2, -0.15) is 0 Å². The number of benzene rings is 4. The van der Waals surface area contributed by atoms with E-state index in [0.717, 1.165) is 58.8 Å². The van der Waals surface area contributed by atoms with Crippen LogP contribution in [0.15, 0.2) is 97.2 Å². The van der Waals surface area contributed by atoms with Gasteiger partial charge in [-0.05, 0) is 85.4 Å². The van der Waals surface area contributed by atoms with Crippen molar-refractivity contribution in [3.05, 3.63) is 108 Å². The molecule has 5 rings (SSSR count). The van der Waals surface area contributed by atoms with Gasteiger partial charge in [0, 0.05) is 43.3 Å². The number of amides is 1. The van der Waals surface area contributed by atoms with Crippen LogP contribution in [-0.4, -0.2) is 38.7 Å². The number of hydrogen-bond donors (Lipinski definition) is 1. The fraction of sp³-hybridized carbons (Fsp3) is 0.250. The largest absolute Gasteiger partial charge is 0.497 e. The Morgan fingerprint density at radius 3 is 2.10 bits per heavy atom. The number of hydrogen-bond acceptors (Lipinski definition) is 4. The molecule has 0 aromatic heterocycles. The summed E-state index contributed by atoms with van der Waals surface area (Å²) in [6.07, 6.45) is 2.49. The Kier molecular flexibility index (Phi) is 8.16. The number of nitrogens with one attached hydrogen (secondary N) is 1. The summed E-state index contributed by atoms with van der Waals surface area (Å²) in [4.78, 5) is 16.0. The van der Waals surface area contributed by atoms with Gasteiger partial charge in [-0.15, -0.1) is 0 Å². The van der Waals surface area contributed by atoms with Crippen molar-refractivity contribution in [2.24, 2.45) is 0 Å². The molecule has 1 aliphatic heterocycles. The molecule has 0 bridgehead atoms. The highest BCUT2D eigenvalue weighted by Gasteiger charge is 2.34. The maximum Gasteiger partial charge on any atom is 0.211 e. The van der Waals surface area contributed by atoms with Gasteiger partial charge in [-0.3, -0.25) is 4.79 Å². The highest BCUT2D eigenvalue weighted by Crippen LogP contribution is 2.38. The average molecular weight is 546 g/mol. The van der Waals surface area contributed by atoms with Crippen LogP contribution >= 0.6 is 0 Å². The van der Waals surface area contributed by atoms with Crippen LogP contribution in [0.25, 0.3) is 27.8 Å². The summed E-state index contributed by atoms with van der Waals surface area (Å²) >= 11 is 0. The summed E-state index contributed by atoms with van der Waals surface area (Å²) in [5.74, 6) is 0.883. The molecule has 210 valence electrons. The van der Waals surface area contributed by atoms with Crippen LogP contribution in [0.2, 0.25) is 0 Å². The van der Waals surface area contributed by atoms with Gasteiger partial charge in [0.2, 0.25) is 6.41 Å². The molecule has 1 amide bonds. The lowest BCUT2D eigenvalue weighted by Gasteiger charge is -2.49. The average Bonchev–Trinajstić information content (AvgIpc) is 2.99. The van der Waals surface area contributed by atoms with Crippen molar-refractivity contribution in [2.75, 3.05) is 36.5 Å². The summed E-state index contributed by atoms with van der Waals surface area (Å²) < 4.78 is 5.47. The van der Waals surface area contributed by atoms with Crippen molar-refractivity contribution in [1.29, 1.82) is 0 Å². The van der Waals surface area contributed by atoms with Gasteiger partial charge in [0.1, 0.15) is 5.75 Å².